The lowest BCUT2D eigenvalue weighted by atomic mass is 10.4. The molecule has 0 aliphatic heterocycles. The summed E-state index contributed by atoms with van der Waals surface area (Å²) in [6.07, 6.45) is 5.25. The lowest BCUT2D eigenvalue weighted by Crippen LogP contribution is -2.37. The Balaban J connectivity index is 0.00000324. The molecule has 0 aliphatic carbocycles. The number of halogens is 1. The van der Waals surface area contributed by atoms with E-state index < -0.39 is 0 Å². The fourth-order valence-electron chi connectivity index (χ4n) is 1.51. The van der Waals surface area contributed by atoms with Crippen LogP contribution in [0.2, 0.25) is 0 Å². The number of guanidine groups is 1. The van der Waals surface area contributed by atoms with E-state index >= 15 is 0 Å². The Kier molecular flexibility index (Phi) is 10.9. The molecular formula is C14H24IN3S. The minimum atomic E-state index is 0. The molecule has 0 spiro atoms. The molecule has 0 unspecified atom stereocenters. The Hall–Kier alpha value is -0.560. The van der Waals surface area contributed by atoms with Gasteiger partial charge < -0.3 is 10.6 Å². The van der Waals surface area contributed by atoms with Gasteiger partial charge in [-0.05, 0) is 39.3 Å². The van der Waals surface area contributed by atoms with Gasteiger partial charge in [-0.3, -0.25) is 0 Å². The van der Waals surface area contributed by atoms with Crippen molar-refractivity contribution in [3.8, 4) is 0 Å². The van der Waals surface area contributed by atoms with Crippen molar-refractivity contribution in [1.29, 1.82) is 0 Å². The van der Waals surface area contributed by atoms with Gasteiger partial charge in [0.2, 0.25) is 0 Å². The summed E-state index contributed by atoms with van der Waals surface area (Å²) in [5, 5.41) is 6.58. The number of nitrogens with one attached hydrogen (secondary N) is 2. The molecule has 0 aliphatic rings. The molecule has 5 heteroatoms. The van der Waals surface area contributed by atoms with E-state index in [4.69, 9.17) is 0 Å². The molecule has 1 aromatic heterocycles. The van der Waals surface area contributed by atoms with Gasteiger partial charge in [0, 0.05) is 22.8 Å². The zero-order valence-electron chi connectivity index (χ0n) is 11.9. The van der Waals surface area contributed by atoms with Gasteiger partial charge in [0.05, 0.1) is 6.54 Å². The second-order valence-electron chi connectivity index (χ2n) is 3.99. The van der Waals surface area contributed by atoms with Crippen LogP contribution in [-0.4, -0.2) is 19.0 Å². The highest BCUT2D eigenvalue weighted by atomic mass is 127. The first-order valence-corrected chi connectivity index (χ1v) is 7.26. The van der Waals surface area contributed by atoms with E-state index in [0.29, 0.717) is 0 Å². The van der Waals surface area contributed by atoms with Crippen molar-refractivity contribution in [1.82, 2.24) is 10.6 Å². The number of aryl methyl sites for hydroxylation is 1. The van der Waals surface area contributed by atoms with Gasteiger partial charge in [-0.1, -0.05) is 12.2 Å². The van der Waals surface area contributed by atoms with Crippen molar-refractivity contribution in [3.05, 3.63) is 34.0 Å². The van der Waals surface area contributed by atoms with Crippen LogP contribution in [-0.2, 0) is 6.54 Å². The molecule has 2 N–H and O–H groups in total. The number of thiophene rings is 1. The summed E-state index contributed by atoms with van der Waals surface area (Å²) < 4.78 is 0. The third-order valence-corrected chi connectivity index (χ3v) is 3.36. The SMILES string of the molecule is CC=CCCNC(=NCc1ccc(C)s1)NCC.I. The maximum Gasteiger partial charge on any atom is 0.191 e. The van der Waals surface area contributed by atoms with Gasteiger partial charge in [-0.15, -0.1) is 35.3 Å². The van der Waals surface area contributed by atoms with Gasteiger partial charge in [-0.2, -0.15) is 0 Å². The zero-order chi connectivity index (χ0) is 13.2. The van der Waals surface area contributed by atoms with E-state index in [1.807, 2.05) is 6.92 Å². The van der Waals surface area contributed by atoms with Crippen LogP contribution in [0.25, 0.3) is 0 Å². The van der Waals surface area contributed by atoms with Crippen LogP contribution in [0, 0.1) is 6.92 Å². The summed E-state index contributed by atoms with van der Waals surface area (Å²) in [6.45, 7) is 8.80. The van der Waals surface area contributed by atoms with Crippen molar-refractivity contribution in [3.63, 3.8) is 0 Å². The Labute approximate surface area is 137 Å². The molecule has 1 aromatic rings. The number of allylic oxidation sites excluding steroid dienone is 1. The molecule has 1 heterocycles. The summed E-state index contributed by atoms with van der Waals surface area (Å²) in [7, 11) is 0. The van der Waals surface area contributed by atoms with E-state index in [-0.39, 0.29) is 24.0 Å². The van der Waals surface area contributed by atoms with Crippen LogP contribution in [0.3, 0.4) is 0 Å². The van der Waals surface area contributed by atoms with E-state index in [2.05, 4.69) is 53.8 Å². The lowest BCUT2D eigenvalue weighted by molar-refractivity contribution is 0.811. The topological polar surface area (TPSA) is 36.4 Å². The Morgan fingerprint density at radius 2 is 2.16 bits per heavy atom. The Morgan fingerprint density at radius 1 is 1.37 bits per heavy atom. The first-order valence-electron chi connectivity index (χ1n) is 6.45. The molecule has 0 bridgehead atoms. The minimum Gasteiger partial charge on any atom is -0.357 e. The molecule has 0 saturated carbocycles. The summed E-state index contributed by atoms with van der Waals surface area (Å²) >= 11 is 1.81. The highest BCUT2D eigenvalue weighted by Gasteiger charge is 1.98. The normalized spacial score (nSPS) is 11.4. The maximum absolute atomic E-state index is 4.58. The summed E-state index contributed by atoms with van der Waals surface area (Å²) in [4.78, 5) is 7.22. The average Bonchev–Trinajstić information content (AvgIpc) is 2.77. The van der Waals surface area contributed by atoms with Crippen molar-refractivity contribution in [2.75, 3.05) is 13.1 Å². The molecule has 0 radical (unpaired) electrons. The van der Waals surface area contributed by atoms with E-state index in [1.54, 1.807) is 11.3 Å². The largest absolute Gasteiger partial charge is 0.357 e. The van der Waals surface area contributed by atoms with Crippen LogP contribution in [0.1, 0.15) is 30.0 Å². The van der Waals surface area contributed by atoms with Crippen molar-refractivity contribution in [2.45, 2.75) is 33.7 Å². The maximum atomic E-state index is 4.58. The fourth-order valence-corrected chi connectivity index (χ4v) is 2.32. The van der Waals surface area contributed by atoms with Gasteiger partial charge in [-0.25, -0.2) is 4.99 Å². The number of aliphatic imine (C=N–C) groups is 1. The monoisotopic (exact) mass is 393 g/mol. The van der Waals surface area contributed by atoms with E-state index in [9.17, 15) is 0 Å². The fraction of sp³-hybridized carbons (Fsp3) is 0.500. The van der Waals surface area contributed by atoms with Crippen LogP contribution in [0.15, 0.2) is 29.3 Å². The zero-order valence-corrected chi connectivity index (χ0v) is 15.0. The molecule has 108 valence electrons. The smallest absolute Gasteiger partial charge is 0.191 e. The number of hydrogen-bond acceptors (Lipinski definition) is 2. The van der Waals surface area contributed by atoms with Gasteiger partial charge >= 0.3 is 0 Å². The average molecular weight is 393 g/mol. The first kappa shape index (κ1) is 18.4. The van der Waals surface area contributed by atoms with Crippen LogP contribution >= 0.6 is 35.3 Å². The predicted molar refractivity (Wildman–Crippen MR) is 96.7 cm³/mol. The highest BCUT2D eigenvalue weighted by molar-refractivity contribution is 14.0. The number of hydrogen-bond donors (Lipinski definition) is 2. The van der Waals surface area contributed by atoms with Crippen molar-refractivity contribution < 1.29 is 0 Å². The number of nitrogens with zero attached hydrogens (tertiary/aromatic N) is 1. The van der Waals surface area contributed by atoms with Gasteiger partial charge in [0.15, 0.2) is 5.96 Å². The summed E-state index contributed by atoms with van der Waals surface area (Å²) in [6, 6.07) is 4.29. The van der Waals surface area contributed by atoms with Crippen LogP contribution in [0.5, 0.6) is 0 Å². The lowest BCUT2D eigenvalue weighted by Gasteiger charge is -2.09. The molecule has 3 nitrogen and oxygen atoms in total. The molecule has 0 aromatic carbocycles. The van der Waals surface area contributed by atoms with Crippen molar-refractivity contribution >= 4 is 41.3 Å². The molecule has 0 saturated heterocycles. The Bertz CT molecular complexity index is 399. The predicted octanol–water partition coefficient (Wildman–Crippen LogP) is 3.70. The van der Waals surface area contributed by atoms with Crippen LogP contribution < -0.4 is 10.6 Å². The second kappa shape index (κ2) is 11.3. The Morgan fingerprint density at radius 3 is 2.74 bits per heavy atom. The third-order valence-electron chi connectivity index (χ3n) is 2.37. The number of rotatable bonds is 6. The van der Waals surface area contributed by atoms with Gasteiger partial charge in [0.1, 0.15) is 0 Å². The molecule has 0 fully saturated rings. The summed E-state index contributed by atoms with van der Waals surface area (Å²) in [5.74, 6) is 0.896. The molecular weight excluding hydrogens is 369 g/mol. The minimum absolute atomic E-state index is 0. The van der Waals surface area contributed by atoms with E-state index in [0.717, 1.165) is 32.0 Å². The van der Waals surface area contributed by atoms with Crippen molar-refractivity contribution in [2.24, 2.45) is 4.99 Å². The highest BCUT2D eigenvalue weighted by Crippen LogP contribution is 2.15. The molecule has 0 amide bonds. The summed E-state index contributed by atoms with van der Waals surface area (Å²) in [5.41, 5.74) is 0. The van der Waals surface area contributed by atoms with Crippen LogP contribution in [0.4, 0.5) is 0 Å². The molecule has 19 heavy (non-hydrogen) atoms. The second-order valence-corrected chi connectivity index (χ2v) is 5.36. The van der Waals surface area contributed by atoms with E-state index in [1.165, 1.54) is 9.75 Å². The molecule has 1 rings (SSSR count). The third kappa shape index (κ3) is 8.26. The standard InChI is InChI=1S/C14H23N3S.HI/c1-4-6-7-10-16-14(15-5-2)17-11-13-9-8-12(3)18-13;/h4,6,8-9H,5,7,10-11H2,1-3H3,(H2,15,16,17);1H. The molecule has 0 atom stereocenters. The first-order chi connectivity index (χ1) is 8.76. The quantitative estimate of drug-likeness (QED) is 0.254. The van der Waals surface area contributed by atoms with Gasteiger partial charge in [0.25, 0.3) is 0 Å².